The Morgan fingerprint density at radius 3 is 2.36 bits per heavy atom. The van der Waals surface area contributed by atoms with Gasteiger partial charge < -0.3 is 10.2 Å². The Labute approximate surface area is 133 Å². The van der Waals surface area contributed by atoms with Crippen molar-refractivity contribution in [1.82, 2.24) is 0 Å². The van der Waals surface area contributed by atoms with Crippen LogP contribution >= 0.6 is 22.9 Å². The van der Waals surface area contributed by atoms with Gasteiger partial charge in [0.05, 0.1) is 16.3 Å². The van der Waals surface area contributed by atoms with E-state index in [0.717, 1.165) is 23.5 Å². The van der Waals surface area contributed by atoms with Gasteiger partial charge in [-0.15, -0.1) is 11.3 Å². The molecule has 0 radical (unpaired) electrons. The predicted octanol–water partition coefficient (Wildman–Crippen LogP) is 2.60. The molecule has 3 N–H and O–H groups in total. The van der Waals surface area contributed by atoms with Gasteiger partial charge >= 0.3 is 11.9 Å². The van der Waals surface area contributed by atoms with Gasteiger partial charge in [0.25, 0.3) is 10.0 Å². The van der Waals surface area contributed by atoms with Gasteiger partial charge in [0.15, 0.2) is 0 Å². The van der Waals surface area contributed by atoms with Crippen molar-refractivity contribution >= 4 is 50.6 Å². The average Bonchev–Trinajstić information content (AvgIpc) is 2.87. The second kappa shape index (κ2) is 5.95. The fourth-order valence-corrected chi connectivity index (χ4v) is 4.20. The first-order chi connectivity index (χ1) is 10.2. The largest absolute Gasteiger partial charge is 0.478 e. The molecule has 0 aliphatic rings. The zero-order valence-electron chi connectivity index (χ0n) is 10.6. The van der Waals surface area contributed by atoms with Gasteiger partial charge in [-0.25, -0.2) is 18.0 Å². The van der Waals surface area contributed by atoms with Gasteiger partial charge in [-0.2, -0.15) is 0 Å². The second-order valence-electron chi connectivity index (χ2n) is 4.02. The Hall–Kier alpha value is -2.10. The minimum absolute atomic E-state index is 0.0255. The fourth-order valence-electron chi connectivity index (χ4n) is 1.63. The molecular formula is C12H8ClNO6S2. The molecule has 116 valence electrons. The maximum atomic E-state index is 12.2. The van der Waals surface area contributed by atoms with Crippen molar-refractivity contribution < 1.29 is 28.2 Å². The van der Waals surface area contributed by atoms with Crippen molar-refractivity contribution in [2.45, 2.75) is 4.90 Å². The number of hydrogen-bond donors (Lipinski definition) is 3. The third kappa shape index (κ3) is 3.21. The number of halogens is 1. The molecule has 0 atom stereocenters. The van der Waals surface area contributed by atoms with Crippen LogP contribution in [0.25, 0.3) is 0 Å². The van der Waals surface area contributed by atoms with Gasteiger partial charge in [-0.1, -0.05) is 11.6 Å². The number of nitrogens with one attached hydrogen (secondary N) is 1. The highest BCUT2D eigenvalue weighted by molar-refractivity contribution is 7.93. The first kappa shape index (κ1) is 16.3. The summed E-state index contributed by atoms with van der Waals surface area (Å²) in [5, 5.41) is 19.0. The molecule has 2 aromatic rings. The van der Waals surface area contributed by atoms with Gasteiger partial charge in [0.1, 0.15) is 9.77 Å². The predicted molar refractivity (Wildman–Crippen MR) is 80.5 cm³/mol. The van der Waals surface area contributed by atoms with Crippen LogP contribution in [-0.4, -0.2) is 30.6 Å². The van der Waals surface area contributed by atoms with Crippen molar-refractivity contribution in [1.29, 1.82) is 0 Å². The number of benzene rings is 1. The molecule has 0 saturated carbocycles. The lowest BCUT2D eigenvalue weighted by Gasteiger charge is -2.09. The smallest absolute Gasteiger partial charge is 0.347 e. The molecular weight excluding hydrogens is 354 g/mol. The molecule has 1 aromatic heterocycles. The Balaban J connectivity index is 2.37. The van der Waals surface area contributed by atoms with E-state index in [2.05, 4.69) is 4.72 Å². The highest BCUT2D eigenvalue weighted by Gasteiger charge is 2.24. The average molecular weight is 362 g/mol. The Kier molecular flexibility index (Phi) is 4.40. The molecule has 0 aliphatic heterocycles. The van der Waals surface area contributed by atoms with Crippen LogP contribution in [0.15, 0.2) is 34.5 Å². The summed E-state index contributed by atoms with van der Waals surface area (Å²) in [4.78, 5) is 21.1. The number of carboxylic acid groups (broad SMARTS) is 2. The zero-order valence-corrected chi connectivity index (χ0v) is 13.0. The summed E-state index contributed by atoms with van der Waals surface area (Å²) in [6, 6.07) is 4.67. The maximum Gasteiger partial charge on any atom is 0.347 e. The number of aromatic carboxylic acids is 2. The molecule has 0 fully saturated rings. The van der Waals surface area contributed by atoms with Gasteiger partial charge in [0.2, 0.25) is 0 Å². The molecule has 0 amide bonds. The van der Waals surface area contributed by atoms with Crippen molar-refractivity contribution in [3.63, 3.8) is 0 Å². The Bertz CT molecular complexity index is 858. The number of anilines is 1. The van der Waals surface area contributed by atoms with E-state index < -0.39 is 22.0 Å². The molecule has 22 heavy (non-hydrogen) atoms. The lowest BCUT2D eigenvalue weighted by atomic mass is 10.2. The number of thiophene rings is 1. The molecule has 0 saturated heterocycles. The van der Waals surface area contributed by atoms with Gasteiger partial charge in [0, 0.05) is 0 Å². The molecule has 0 bridgehead atoms. The third-order valence-electron chi connectivity index (χ3n) is 2.56. The molecule has 1 heterocycles. The summed E-state index contributed by atoms with van der Waals surface area (Å²) in [7, 11) is -4.12. The number of carboxylic acids is 2. The highest BCUT2D eigenvalue weighted by Crippen LogP contribution is 2.26. The summed E-state index contributed by atoms with van der Waals surface area (Å²) in [6.07, 6.45) is 0. The van der Waals surface area contributed by atoms with E-state index in [1.165, 1.54) is 17.5 Å². The van der Waals surface area contributed by atoms with Gasteiger partial charge in [-0.05, 0) is 29.6 Å². The Morgan fingerprint density at radius 1 is 1.14 bits per heavy atom. The lowest BCUT2D eigenvalue weighted by Crippen LogP contribution is -2.15. The van der Waals surface area contributed by atoms with Crippen LogP contribution in [0.2, 0.25) is 5.02 Å². The summed E-state index contributed by atoms with van der Waals surface area (Å²) < 4.78 is 26.5. The van der Waals surface area contributed by atoms with Crippen molar-refractivity contribution in [2.24, 2.45) is 0 Å². The first-order valence-corrected chi connectivity index (χ1v) is 8.33. The number of hydrogen-bond acceptors (Lipinski definition) is 5. The van der Waals surface area contributed by atoms with E-state index in [-0.39, 0.29) is 26.0 Å². The molecule has 2 rings (SSSR count). The van der Waals surface area contributed by atoms with E-state index in [0.29, 0.717) is 0 Å². The van der Waals surface area contributed by atoms with Crippen LogP contribution in [0, 0.1) is 0 Å². The van der Waals surface area contributed by atoms with Crippen LogP contribution in [0.5, 0.6) is 0 Å². The summed E-state index contributed by atoms with van der Waals surface area (Å²) in [5.74, 6) is -2.60. The second-order valence-corrected chi connectivity index (χ2v) is 7.00. The maximum absolute atomic E-state index is 12.2. The van der Waals surface area contributed by atoms with E-state index in [1.807, 2.05) is 0 Å². The minimum Gasteiger partial charge on any atom is -0.478 e. The number of sulfonamides is 1. The standard InChI is InChI=1S/C12H8ClNO6S2/c13-8-5-6(1-2-7(8)11(15)16)14-22(19,20)9-3-4-21-10(9)12(17)18/h1-5,14H,(H,15,16)(H,17,18). The lowest BCUT2D eigenvalue weighted by molar-refractivity contribution is 0.0687. The number of carbonyl (C=O) groups is 2. The van der Waals surface area contributed by atoms with Crippen molar-refractivity contribution in [3.05, 3.63) is 45.1 Å². The molecule has 1 aromatic carbocycles. The summed E-state index contributed by atoms with van der Waals surface area (Å²) in [6.45, 7) is 0. The van der Waals surface area contributed by atoms with Crippen LogP contribution < -0.4 is 4.72 Å². The van der Waals surface area contributed by atoms with E-state index >= 15 is 0 Å². The van der Waals surface area contributed by atoms with Crippen molar-refractivity contribution in [3.8, 4) is 0 Å². The highest BCUT2D eigenvalue weighted by atomic mass is 35.5. The Morgan fingerprint density at radius 2 is 1.82 bits per heavy atom. The fraction of sp³-hybridized carbons (Fsp3) is 0. The number of rotatable bonds is 5. The van der Waals surface area contributed by atoms with Crippen LogP contribution in [-0.2, 0) is 10.0 Å². The topological polar surface area (TPSA) is 121 Å². The molecule has 10 heteroatoms. The molecule has 0 aliphatic carbocycles. The van der Waals surface area contributed by atoms with E-state index in [1.54, 1.807) is 0 Å². The first-order valence-electron chi connectivity index (χ1n) is 5.59. The minimum atomic E-state index is -4.12. The monoisotopic (exact) mass is 361 g/mol. The quantitative estimate of drug-likeness (QED) is 0.752. The van der Waals surface area contributed by atoms with Crippen LogP contribution in [0.3, 0.4) is 0 Å². The van der Waals surface area contributed by atoms with Crippen LogP contribution in [0.1, 0.15) is 20.0 Å². The normalized spacial score (nSPS) is 11.1. The summed E-state index contributed by atoms with van der Waals surface area (Å²) in [5.41, 5.74) is -0.149. The van der Waals surface area contributed by atoms with Crippen molar-refractivity contribution in [2.75, 3.05) is 4.72 Å². The zero-order chi connectivity index (χ0) is 16.5. The molecule has 0 unspecified atom stereocenters. The van der Waals surface area contributed by atoms with E-state index in [9.17, 15) is 18.0 Å². The summed E-state index contributed by atoms with van der Waals surface area (Å²) >= 11 is 6.53. The van der Waals surface area contributed by atoms with E-state index in [4.69, 9.17) is 21.8 Å². The molecule has 0 spiro atoms. The van der Waals surface area contributed by atoms with Crippen LogP contribution in [0.4, 0.5) is 5.69 Å². The SMILES string of the molecule is O=C(O)c1ccc(NS(=O)(=O)c2ccsc2C(=O)O)cc1Cl. The molecule has 7 nitrogen and oxygen atoms in total. The third-order valence-corrected chi connectivity index (χ3v) is 5.33. The van der Waals surface area contributed by atoms with Gasteiger partial charge in [-0.3, -0.25) is 4.72 Å².